The van der Waals surface area contributed by atoms with E-state index in [1.54, 1.807) is 0 Å². The smallest absolute Gasteiger partial charge is 0.223 e. The molecule has 14 heavy (non-hydrogen) atoms. The van der Waals surface area contributed by atoms with Gasteiger partial charge < -0.3 is 5.32 Å². The summed E-state index contributed by atoms with van der Waals surface area (Å²) in [6.07, 6.45) is 0.620. The van der Waals surface area contributed by atoms with E-state index in [0.717, 1.165) is 0 Å². The standard InChI is InChI=1S/C12H15NO/c1-9(2)12(8-11(14)13-12)10-6-4-3-5-7-10/h3-7,9H,8H2,1-2H3,(H,13,14). The second-order valence-corrected chi connectivity index (χ2v) is 4.22. The summed E-state index contributed by atoms with van der Waals surface area (Å²) in [5, 5.41) is 3.03. The molecule has 74 valence electrons. The van der Waals surface area contributed by atoms with Crippen LogP contribution in [0.2, 0.25) is 0 Å². The van der Waals surface area contributed by atoms with Gasteiger partial charge in [0.15, 0.2) is 0 Å². The Morgan fingerprint density at radius 2 is 1.86 bits per heavy atom. The van der Waals surface area contributed by atoms with Crippen molar-refractivity contribution in [3.63, 3.8) is 0 Å². The Bertz CT molecular complexity index is 335. The van der Waals surface area contributed by atoms with Gasteiger partial charge in [0.25, 0.3) is 0 Å². The molecule has 1 unspecified atom stereocenters. The van der Waals surface area contributed by atoms with E-state index in [4.69, 9.17) is 0 Å². The van der Waals surface area contributed by atoms with Crippen molar-refractivity contribution in [3.8, 4) is 0 Å². The largest absolute Gasteiger partial charge is 0.346 e. The molecule has 1 N–H and O–H groups in total. The Kier molecular flexibility index (Phi) is 2.06. The van der Waals surface area contributed by atoms with Gasteiger partial charge in [-0.25, -0.2) is 0 Å². The molecular weight excluding hydrogens is 174 g/mol. The number of carbonyl (C=O) groups is 1. The molecule has 2 heteroatoms. The van der Waals surface area contributed by atoms with Crippen molar-refractivity contribution in [3.05, 3.63) is 35.9 Å². The fourth-order valence-electron chi connectivity index (χ4n) is 2.08. The Hall–Kier alpha value is -1.31. The summed E-state index contributed by atoms with van der Waals surface area (Å²) in [6, 6.07) is 10.2. The third-order valence-electron chi connectivity index (χ3n) is 3.08. The van der Waals surface area contributed by atoms with Gasteiger partial charge in [-0.1, -0.05) is 44.2 Å². The summed E-state index contributed by atoms with van der Waals surface area (Å²) in [4.78, 5) is 11.1. The lowest BCUT2D eigenvalue weighted by Crippen LogP contribution is -2.61. The van der Waals surface area contributed by atoms with Gasteiger partial charge in [-0.15, -0.1) is 0 Å². The van der Waals surface area contributed by atoms with Crippen LogP contribution in [0.4, 0.5) is 0 Å². The first-order chi connectivity index (χ1) is 6.65. The topological polar surface area (TPSA) is 29.1 Å². The van der Waals surface area contributed by atoms with Gasteiger partial charge in [-0.05, 0) is 11.5 Å². The second kappa shape index (κ2) is 3.12. The molecule has 1 aliphatic rings. The zero-order valence-corrected chi connectivity index (χ0v) is 8.58. The highest BCUT2D eigenvalue weighted by Crippen LogP contribution is 2.38. The molecule has 0 bridgehead atoms. The average Bonchev–Trinajstić information content (AvgIpc) is 2.13. The van der Waals surface area contributed by atoms with Gasteiger partial charge >= 0.3 is 0 Å². The minimum Gasteiger partial charge on any atom is -0.346 e. The predicted octanol–water partition coefficient (Wildman–Crippen LogP) is 2.06. The molecule has 1 heterocycles. The van der Waals surface area contributed by atoms with Crippen LogP contribution >= 0.6 is 0 Å². The van der Waals surface area contributed by atoms with E-state index in [0.29, 0.717) is 12.3 Å². The fraction of sp³-hybridized carbons (Fsp3) is 0.417. The van der Waals surface area contributed by atoms with E-state index >= 15 is 0 Å². The number of benzene rings is 1. The predicted molar refractivity (Wildman–Crippen MR) is 55.7 cm³/mol. The third kappa shape index (κ3) is 1.22. The van der Waals surface area contributed by atoms with Gasteiger partial charge in [-0.2, -0.15) is 0 Å². The lowest BCUT2D eigenvalue weighted by Gasteiger charge is -2.46. The highest BCUT2D eigenvalue weighted by Gasteiger charge is 2.46. The van der Waals surface area contributed by atoms with Crippen LogP contribution in [-0.2, 0) is 10.3 Å². The third-order valence-corrected chi connectivity index (χ3v) is 3.08. The first kappa shape index (κ1) is 9.25. The normalized spacial score (nSPS) is 25.8. The van der Waals surface area contributed by atoms with Gasteiger partial charge in [-0.3, -0.25) is 4.79 Å². The van der Waals surface area contributed by atoms with Crippen LogP contribution < -0.4 is 5.32 Å². The highest BCUT2D eigenvalue weighted by molar-refractivity contribution is 5.85. The maximum atomic E-state index is 11.1. The summed E-state index contributed by atoms with van der Waals surface area (Å²) in [6.45, 7) is 4.29. The molecule has 1 saturated heterocycles. The van der Waals surface area contributed by atoms with E-state index in [-0.39, 0.29) is 11.4 Å². The minimum atomic E-state index is -0.113. The summed E-state index contributed by atoms with van der Waals surface area (Å²) in [5.41, 5.74) is 1.10. The summed E-state index contributed by atoms with van der Waals surface area (Å²) >= 11 is 0. The van der Waals surface area contributed by atoms with Gasteiger partial charge in [0.1, 0.15) is 0 Å². The molecular formula is C12H15NO. The van der Waals surface area contributed by atoms with Gasteiger partial charge in [0.2, 0.25) is 5.91 Å². The van der Waals surface area contributed by atoms with Crippen LogP contribution in [0, 0.1) is 5.92 Å². The molecule has 1 atom stereocenters. The molecule has 2 rings (SSSR count). The molecule has 1 amide bonds. The Morgan fingerprint density at radius 1 is 1.29 bits per heavy atom. The zero-order valence-electron chi connectivity index (χ0n) is 8.58. The molecule has 2 nitrogen and oxygen atoms in total. The number of nitrogens with one attached hydrogen (secondary N) is 1. The van der Waals surface area contributed by atoms with Crippen LogP contribution in [0.15, 0.2) is 30.3 Å². The van der Waals surface area contributed by atoms with Crippen molar-refractivity contribution in [2.75, 3.05) is 0 Å². The Labute approximate surface area is 84.3 Å². The van der Waals surface area contributed by atoms with E-state index in [2.05, 4.69) is 31.3 Å². The lowest BCUT2D eigenvalue weighted by molar-refractivity contribution is -0.135. The van der Waals surface area contributed by atoms with E-state index < -0.39 is 0 Å². The summed E-state index contributed by atoms with van der Waals surface area (Å²) in [5.74, 6) is 0.588. The lowest BCUT2D eigenvalue weighted by atomic mass is 9.72. The average molecular weight is 189 g/mol. The molecule has 0 radical (unpaired) electrons. The summed E-state index contributed by atoms with van der Waals surface area (Å²) in [7, 11) is 0. The Morgan fingerprint density at radius 3 is 2.29 bits per heavy atom. The number of rotatable bonds is 2. The monoisotopic (exact) mass is 189 g/mol. The number of hydrogen-bond acceptors (Lipinski definition) is 1. The number of β-lactam (4-membered cyclic amide) rings is 1. The molecule has 0 aliphatic carbocycles. The van der Waals surface area contributed by atoms with E-state index in [1.807, 2.05) is 18.2 Å². The fourth-order valence-corrected chi connectivity index (χ4v) is 2.08. The van der Waals surface area contributed by atoms with Crippen molar-refractivity contribution < 1.29 is 4.79 Å². The first-order valence-electron chi connectivity index (χ1n) is 5.02. The minimum absolute atomic E-state index is 0.113. The van der Waals surface area contributed by atoms with Crippen molar-refractivity contribution in [2.24, 2.45) is 5.92 Å². The molecule has 1 aromatic rings. The second-order valence-electron chi connectivity index (χ2n) is 4.22. The van der Waals surface area contributed by atoms with Gasteiger partial charge in [0.05, 0.1) is 12.0 Å². The summed E-state index contributed by atoms with van der Waals surface area (Å²) < 4.78 is 0. The SMILES string of the molecule is CC(C)C1(c2ccccc2)CC(=O)N1. The first-order valence-corrected chi connectivity index (χ1v) is 5.02. The Balaban J connectivity index is 2.34. The molecule has 1 aliphatic heterocycles. The van der Waals surface area contributed by atoms with E-state index in [1.165, 1.54) is 5.56 Å². The molecule has 1 fully saturated rings. The molecule has 0 saturated carbocycles. The quantitative estimate of drug-likeness (QED) is 0.709. The number of amides is 1. The van der Waals surface area contributed by atoms with Crippen LogP contribution in [-0.4, -0.2) is 5.91 Å². The highest BCUT2D eigenvalue weighted by atomic mass is 16.2. The number of carbonyl (C=O) groups excluding carboxylic acids is 1. The maximum Gasteiger partial charge on any atom is 0.223 e. The van der Waals surface area contributed by atoms with Gasteiger partial charge in [0, 0.05) is 0 Å². The molecule has 1 aromatic carbocycles. The van der Waals surface area contributed by atoms with E-state index in [9.17, 15) is 4.79 Å². The number of hydrogen-bond donors (Lipinski definition) is 1. The van der Waals surface area contributed by atoms with Crippen molar-refractivity contribution in [2.45, 2.75) is 25.8 Å². The van der Waals surface area contributed by atoms with Crippen LogP contribution in [0.1, 0.15) is 25.8 Å². The van der Waals surface area contributed by atoms with Crippen LogP contribution in [0.5, 0.6) is 0 Å². The molecule has 0 spiro atoms. The van der Waals surface area contributed by atoms with Crippen LogP contribution in [0.3, 0.4) is 0 Å². The van der Waals surface area contributed by atoms with Crippen molar-refractivity contribution in [1.29, 1.82) is 0 Å². The zero-order chi connectivity index (χ0) is 10.2. The van der Waals surface area contributed by atoms with Crippen LogP contribution in [0.25, 0.3) is 0 Å². The molecule has 0 aromatic heterocycles. The maximum absolute atomic E-state index is 11.1. The van der Waals surface area contributed by atoms with Crippen molar-refractivity contribution in [1.82, 2.24) is 5.32 Å². The van der Waals surface area contributed by atoms with Crippen molar-refractivity contribution >= 4 is 5.91 Å².